The Hall–Kier alpha value is -2.77. The molecule has 140 valence electrons. The van der Waals surface area contributed by atoms with Gasteiger partial charge in [-0.2, -0.15) is 0 Å². The number of para-hydroxylation sites is 2. The number of hydrogen-bond acceptors (Lipinski definition) is 5. The number of amides is 4. The fourth-order valence-electron chi connectivity index (χ4n) is 3.14. The summed E-state index contributed by atoms with van der Waals surface area (Å²) in [6.07, 6.45) is 0.639. The van der Waals surface area contributed by atoms with Crippen LogP contribution in [0.1, 0.15) is 26.7 Å². The molecule has 3 rings (SSSR count). The molecule has 0 aliphatic carbocycles. The fourth-order valence-corrected chi connectivity index (χ4v) is 3.14. The van der Waals surface area contributed by atoms with E-state index in [0.717, 1.165) is 4.90 Å². The Morgan fingerprint density at radius 1 is 1.27 bits per heavy atom. The number of rotatable bonds is 6. The predicted molar refractivity (Wildman–Crippen MR) is 92.9 cm³/mol. The van der Waals surface area contributed by atoms with Gasteiger partial charge in [-0.25, -0.2) is 4.79 Å². The van der Waals surface area contributed by atoms with Crippen molar-refractivity contribution in [2.24, 2.45) is 0 Å². The molecule has 1 fully saturated rings. The second kappa shape index (κ2) is 7.23. The van der Waals surface area contributed by atoms with Crippen molar-refractivity contribution in [1.29, 1.82) is 0 Å². The topological polar surface area (TPSA) is 97.0 Å². The number of ether oxygens (including phenoxy) is 2. The van der Waals surface area contributed by atoms with Crippen LogP contribution in [0.4, 0.5) is 4.79 Å². The standard InChI is InChI=1S/C18H23N3O5/c1-3-18(4-2)16(23)21(17(24)20-18)10-15(22)19-9-12-11-25-13-7-5-6-8-14(13)26-12/h5-8,12H,3-4,9-11H2,1-2H3,(H,19,22)(H,20,24)/t12-/m1/s1. The fraction of sp³-hybridized carbons (Fsp3) is 0.500. The zero-order valence-corrected chi connectivity index (χ0v) is 14.9. The van der Waals surface area contributed by atoms with Crippen molar-refractivity contribution in [2.45, 2.75) is 38.3 Å². The summed E-state index contributed by atoms with van der Waals surface area (Å²) in [6.45, 7) is 3.91. The van der Waals surface area contributed by atoms with Crippen LogP contribution in [0.3, 0.4) is 0 Å². The van der Waals surface area contributed by atoms with Crippen LogP contribution >= 0.6 is 0 Å². The maximum atomic E-state index is 12.5. The third-order valence-corrected chi connectivity index (χ3v) is 4.85. The molecule has 0 radical (unpaired) electrons. The lowest BCUT2D eigenvalue weighted by Crippen LogP contribution is -2.47. The SMILES string of the molecule is CCC1(CC)NC(=O)N(CC(=O)NC[C@@H]2COc3ccccc3O2)C1=O. The Morgan fingerprint density at radius 2 is 1.96 bits per heavy atom. The summed E-state index contributed by atoms with van der Waals surface area (Å²) in [5.74, 6) is 0.528. The minimum absolute atomic E-state index is 0.226. The van der Waals surface area contributed by atoms with Crippen LogP contribution in [0, 0.1) is 0 Å². The first-order valence-electron chi connectivity index (χ1n) is 8.78. The van der Waals surface area contributed by atoms with E-state index >= 15 is 0 Å². The first-order valence-corrected chi connectivity index (χ1v) is 8.78. The molecular formula is C18H23N3O5. The molecule has 1 aromatic carbocycles. The van der Waals surface area contributed by atoms with Crippen molar-refractivity contribution in [3.05, 3.63) is 24.3 Å². The number of imide groups is 1. The second-order valence-corrected chi connectivity index (χ2v) is 6.41. The van der Waals surface area contributed by atoms with E-state index in [1.807, 2.05) is 32.0 Å². The highest BCUT2D eigenvalue weighted by Gasteiger charge is 2.49. The Balaban J connectivity index is 1.52. The van der Waals surface area contributed by atoms with E-state index in [1.54, 1.807) is 6.07 Å². The summed E-state index contributed by atoms with van der Waals surface area (Å²) in [5.41, 5.74) is -0.901. The smallest absolute Gasteiger partial charge is 0.325 e. The van der Waals surface area contributed by atoms with E-state index in [-0.39, 0.29) is 25.1 Å². The van der Waals surface area contributed by atoms with E-state index in [2.05, 4.69) is 10.6 Å². The zero-order chi connectivity index (χ0) is 18.7. The van der Waals surface area contributed by atoms with Crippen molar-refractivity contribution in [3.8, 4) is 11.5 Å². The lowest BCUT2D eigenvalue weighted by Gasteiger charge is -2.26. The summed E-state index contributed by atoms with van der Waals surface area (Å²) in [5, 5.41) is 5.40. The number of hydrogen-bond donors (Lipinski definition) is 2. The van der Waals surface area contributed by atoms with E-state index in [4.69, 9.17) is 9.47 Å². The van der Waals surface area contributed by atoms with Gasteiger partial charge in [-0.05, 0) is 25.0 Å². The molecule has 0 saturated carbocycles. The molecule has 2 aliphatic rings. The third kappa shape index (κ3) is 3.31. The highest BCUT2D eigenvalue weighted by Crippen LogP contribution is 2.30. The van der Waals surface area contributed by atoms with Gasteiger partial charge in [0.05, 0.1) is 6.54 Å². The molecule has 8 nitrogen and oxygen atoms in total. The number of benzene rings is 1. The van der Waals surface area contributed by atoms with E-state index < -0.39 is 17.5 Å². The summed E-state index contributed by atoms with van der Waals surface area (Å²) in [7, 11) is 0. The molecule has 0 aromatic heterocycles. The van der Waals surface area contributed by atoms with Crippen molar-refractivity contribution in [3.63, 3.8) is 0 Å². The minimum atomic E-state index is -0.901. The van der Waals surface area contributed by atoms with Gasteiger partial charge in [-0.15, -0.1) is 0 Å². The molecule has 26 heavy (non-hydrogen) atoms. The Labute approximate surface area is 151 Å². The van der Waals surface area contributed by atoms with Crippen LogP contribution in [-0.2, 0) is 9.59 Å². The van der Waals surface area contributed by atoms with Gasteiger partial charge in [0.25, 0.3) is 5.91 Å². The average molecular weight is 361 g/mol. The van der Waals surface area contributed by atoms with Gasteiger partial charge in [0, 0.05) is 0 Å². The Morgan fingerprint density at radius 3 is 2.62 bits per heavy atom. The van der Waals surface area contributed by atoms with Gasteiger partial charge in [-0.1, -0.05) is 26.0 Å². The molecule has 0 unspecified atom stereocenters. The zero-order valence-electron chi connectivity index (χ0n) is 14.9. The summed E-state index contributed by atoms with van der Waals surface area (Å²) in [6, 6.07) is 6.78. The van der Waals surface area contributed by atoms with Crippen molar-refractivity contribution >= 4 is 17.8 Å². The maximum Gasteiger partial charge on any atom is 0.325 e. The van der Waals surface area contributed by atoms with Gasteiger partial charge in [0.15, 0.2) is 11.5 Å². The lowest BCUT2D eigenvalue weighted by atomic mass is 9.93. The number of nitrogens with zero attached hydrogens (tertiary/aromatic N) is 1. The molecule has 2 N–H and O–H groups in total. The quantitative estimate of drug-likeness (QED) is 0.739. The molecule has 0 spiro atoms. The number of urea groups is 1. The highest BCUT2D eigenvalue weighted by molar-refractivity contribution is 6.08. The highest BCUT2D eigenvalue weighted by atomic mass is 16.6. The van der Waals surface area contributed by atoms with Crippen molar-refractivity contribution in [1.82, 2.24) is 15.5 Å². The maximum absolute atomic E-state index is 12.5. The number of fused-ring (bicyclic) bond motifs is 1. The lowest BCUT2D eigenvalue weighted by molar-refractivity contribution is -0.135. The van der Waals surface area contributed by atoms with Crippen LogP contribution < -0.4 is 20.1 Å². The summed E-state index contributed by atoms with van der Waals surface area (Å²) >= 11 is 0. The Kier molecular flexibility index (Phi) is 5.01. The summed E-state index contributed by atoms with van der Waals surface area (Å²) in [4.78, 5) is 37.7. The van der Waals surface area contributed by atoms with E-state index in [1.165, 1.54) is 0 Å². The number of nitrogens with one attached hydrogen (secondary N) is 2. The van der Waals surface area contributed by atoms with Crippen LogP contribution in [-0.4, -0.2) is 54.1 Å². The third-order valence-electron chi connectivity index (χ3n) is 4.85. The molecule has 0 bridgehead atoms. The number of carbonyl (C=O) groups is 3. The van der Waals surface area contributed by atoms with Gasteiger partial charge in [-0.3, -0.25) is 14.5 Å². The first kappa shape index (κ1) is 18.0. The van der Waals surface area contributed by atoms with Gasteiger partial charge >= 0.3 is 6.03 Å². The molecule has 8 heteroatoms. The molecular weight excluding hydrogens is 338 g/mol. The normalized spacial score (nSPS) is 20.7. The van der Waals surface area contributed by atoms with Gasteiger partial charge in [0.1, 0.15) is 24.8 Å². The first-order chi connectivity index (χ1) is 12.5. The van der Waals surface area contributed by atoms with Crippen molar-refractivity contribution in [2.75, 3.05) is 19.7 Å². The summed E-state index contributed by atoms with van der Waals surface area (Å²) < 4.78 is 11.4. The van der Waals surface area contributed by atoms with Crippen molar-refractivity contribution < 1.29 is 23.9 Å². The molecule has 2 aliphatic heterocycles. The van der Waals surface area contributed by atoms with Gasteiger partial charge < -0.3 is 20.1 Å². The minimum Gasteiger partial charge on any atom is -0.486 e. The van der Waals surface area contributed by atoms with E-state index in [9.17, 15) is 14.4 Å². The molecule has 2 heterocycles. The molecule has 1 aromatic rings. The number of carbonyl (C=O) groups excluding carboxylic acids is 3. The Bertz CT molecular complexity index is 717. The van der Waals surface area contributed by atoms with E-state index in [0.29, 0.717) is 30.9 Å². The van der Waals surface area contributed by atoms with Crippen LogP contribution in [0.25, 0.3) is 0 Å². The molecule has 4 amide bonds. The predicted octanol–water partition coefficient (Wildman–Crippen LogP) is 1.05. The largest absolute Gasteiger partial charge is 0.486 e. The van der Waals surface area contributed by atoms with Gasteiger partial charge in [0.2, 0.25) is 5.91 Å². The van der Waals surface area contributed by atoms with Crippen LogP contribution in [0.15, 0.2) is 24.3 Å². The van der Waals surface area contributed by atoms with Crippen LogP contribution in [0.2, 0.25) is 0 Å². The monoisotopic (exact) mass is 361 g/mol. The molecule has 1 atom stereocenters. The average Bonchev–Trinajstić information content (AvgIpc) is 2.91. The molecule has 1 saturated heterocycles. The van der Waals surface area contributed by atoms with Crippen LogP contribution in [0.5, 0.6) is 11.5 Å². The second-order valence-electron chi connectivity index (χ2n) is 6.41.